The maximum Gasteiger partial charge on any atom is 0.387 e. The van der Waals surface area contributed by atoms with Crippen molar-refractivity contribution < 1.29 is 23.4 Å². The highest BCUT2D eigenvalue weighted by Gasteiger charge is 2.20. The number of para-hydroxylation sites is 1. The van der Waals surface area contributed by atoms with E-state index < -0.39 is 23.9 Å². The summed E-state index contributed by atoms with van der Waals surface area (Å²) in [5.74, 6) is -1.58. The largest absolute Gasteiger partial charge is 0.504 e. The molecule has 0 saturated heterocycles. The molecule has 1 heterocycles. The maximum absolute atomic E-state index is 12.3. The van der Waals surface area contributed by atoms with Gasteiger partial charge in [0.15, 0.2) is 17.3 Å². The Kier molecular flexibility index (Phi) is 3.70. The molecule has 0 unspecified atom stereocenters. The van der Waals surface area contributed by atoms with Gasteiger partial charge in [-0.15, -0.1) is 0 Å². The fraction of sp³-hybridized carbons (Fsp3) is 0.0769. The molecule has 2 aromatic rings. The van der Waals surface area contributed by atoms with Crippen molar-refractivity contribution in [1.29, 1.82) is 0 Å². The number of carbonyl (C=O) groups is 1. The second-order valence-electron chi connectivity index (χ2n) is 3.60. The Labute approximate surface area is 107 Å². The van der Waals surface area contributed by atoms with Crippen LogP contribution in [0, 0.1) is 0 Å². The molecule has 0 bridgehead atoms. The predicted octanol–water partition coefficient (Wildman–Crippen LogP) is 2.62. The van der Waals surface area contributed by atoms with Gasteiger partial charge in [0.25, 0.3) is 0 Å². The summed E-state index contributed by atoms with van der Waals surface area (Å²) in [6.45, 7) is -3.13. The lowest BCUT2D eigenvalue weighted by Crippen LogP contribution is -2.09. The number of pyridine rings is 1. The number of ketones is 1. The van der Waals surface area contributed by atoms with E-state index in [1.165, 1.54) is 42.7 Å². The van der Waals surface area contributed by atoms with Gasteiger partial charge in [-0.3, -0.25) is 9.78 Å². The Morgan fingerprint density at radius 3 is 2.53 bits per heavy atom. The second-order valence-corrected chi connectivity index (χ2v) is 3.60. The molecule has 0 aliphatic carbocycles. The summed E-state index contributed by atoms with van der Waals surface area (Å²) in [6.07, 6.45) is 2.81. The van der Waals surface area contributed by atoms with Gasteiger partial charge in [0.1, 0.15) is 0 Å². The van der Waals surface area contributed by atoms with Crippen LogP contribution < -0.4 is 4.74 Å². The average molecular weight is 265 g/mol. The van der Waals surface area contributed by atoms with Gasteiger partial charge < -0.3 is 9.84 Å². The van der Waals surface area contributed by atoms with E-state index in [1.807, 2.05) is 0 Å². The van der Waals surface area contributed by atoms with Crippen LogP contribution in [0.1, 0.15) is 15.9 Å². The lowest BCUT2D eigenvalue weighted by molar-refractivity contribution is -0.0515. The summed E-state index contributed by atoms with van der Waals surface area (Å²) >= 11 is 0. The molecule has 0 amide bonds. The molecule has 0 saturated carbocycles. The van der Waals surface area contributed by atoms with Crippen LogP contribution >= 0.6 is 0 Å². The average Bonchev–Trinajstić information content (AvgIpc) is 2.41. The van der Waals surface area contributed by atoms with Crippen LogP contribution in [0.2, 0.25) is 0 Å². The first kappa shape index (κ1) is 12.9. The monoisotopic (exact) mass is 265 g/mol. The summed E-state index contributed by atoms with van der Waals surface area (Å²) in [6, 6.07) is 6.74. The minimum Gasteiger partial charge on any atom is -0.504 e. The van der Waals surface area contributed by atoms with Crippen LogP contribution in [0.3, 0.4) is 0 Å². The molecular formula is C13H9F2NO3. The number of nitrogens with zero attached hydrogens (tertiary/aromatic N) is 1. The molecule has 0 fully saturated rings. The van der Waals surface area contributed by atoms with Crippen LogP contribution in [0.15, 0.2) is 42.7 Å². The molecule has 1 aromatic heterocycles. The number of hydrogen-bond acceptors (Lipinski definition) is 4. The molecule has 0 aliphatic heterocycles. The van der Waals surface area contributed by atoms with Crippen LogP contribution in [0.5, 0.6) is 11.5 Å². The third-order valence-electron chi connectivity index (χ3n) is 2.39. The van der Waals surface area contributed by atoms with E-state index in [1.54, 1.807) is 0 Å². The van der Waals surface area contributed by atoms with Gasteiger partial charge in [-0.25, -0.2) is 0 Å². The topological polar surface area (TPSA) is 59.4 Å². The predicted molar refractivity (Wildman–Crippen MR) is 62.4 cm³/mol. The third kappa shape index (κ3) is 2.85. The molecule has 1 N–H and O–H groups in total. The van der Waals surface area contributed by atoms with E-state index in [0.29, 0.717) is 0 Å². The molecule has 1 aromatic carbocycles. The minimum atomic E-state index is -3.13. The van der Waals surface area contributed by atoms with Crippen molar-refractivity contribution in [2.24, 2.45) is 0 Å². The molecule has 4 nitrogen and oxygen atoms in total. The van der Waals surface area contributed by atoms with Crippen molar-refractivity contribution in [1.82, 2.24) is 4.98 Å². The molecular weight excluding hydrogens is 256 g/mol. The molecule has 98 valence electrons. The van der Waals surface area contributed by atoms with Crippen LogP contribution in [0.25, 0.3) is 0 Å². The van der Waals surface area contributed by atoms with Gasteiger partial charge in [-0.05, 0) is 24.3 Å². The molecule has 6 heteroatoms. The second kappa shape index (κ2) is 5.43. The number of phenolic OH excluding ortho intramolecular Hbond substituents is 1. The van der Waals surface area contributed by atoms with Crippen molar-refractivity contribution in [3.8, 4) is 11.5 Å². The number of carbonyl (C=O) groups excluding carboxylic acids is 1. The summed E-state index contributed by atoms with van der Waals surface area (Å²) in [4.78, 5) is 15.9. The smallest absolute Gasteiger partial charge is 0.387 e. The van der Waals surface area contributed by atoms with Gasteiger partial charge in [-0.1, -0.05) is 6.07 Å². The third-order valence-corrected chi connectivity index (χ3v) is 2.39. The molecule has 0 radical (unpaired) electrons. The fourth-order valence-electron chi connectivity index (χ4n) is 1.58. The molecule has 0 aliphatic rings. The number of halogens is 2. The number of benzene rings is 1. The Morgan fingerprint density at radius 1 is 1.21 bits per heavy atom. The summed E-state index contributed by atoms with van der Waals surface area (Å²) < 4.78 is 28.8. The zero-order chi connectivity index (χ0) is 13.8. The Morgan fingerprint density at radius 2 is 1.89 bits per heavy atom. The first-order valence-electron chi connectivity index (χ1n) is 5.31. The van der Waals surface area contributed by atoms with E-state index in [9.17, 15) is 18.7 Å². The SMILES string of the molecule is O=C(c1ccncc1)c1cccc(O)c1OC(F)F. The number of phenols is 1. The van der Waals surface area contributed by atoms with Crippen LogP contribution in [-0.2, 0) is 0 Å². The van der Waals surface area contributed by atoms with Crippen LogP contribution in [0.4, 0.5) is 8.78 Å². The number of alkyl halides is 2. The Hall–Kier alpha value is -2.50. The normalized spacial score (nSPS) is 10.5. The van der Waals surface area contributed by atoms with Crippen molar-refractivity contribution in [3.63, 3.8) is 0 Å². The highest BCUT2D eigenvalue weighted by molar-refractivity contribution is 6.11. The molecule has 19 heavy (non-hydrogen) atoms. The molecule has 0 spiro atoms. The van der Waals surface area contributed by atoms with E-state index >= 15 is 0 Å². The maximum atomic E-state index is 12.3. The minimum absolute atomic E-state index is 0.133. The summed E-state index contributed by atoms with van der Waals surface area (Å²) in [5.41, 5.74) is 0.131. The van der Waals surface area contributed by atoms with Crippen molar-refractivity contribution in [2.45, 2.75) is 6.61 Å². The highest BCUT2D eigenvalue weighted by atomic mass is 19.3. The highest BCUT2D eigenvalue weighted by Crippen LogP contribution is 2.32. The van der Waals surface area contributed by atoms with Crippen LogP contribution in [-0.4, -0.2) is 22.5 Å². The standard InChI is InChI=1S/C13H9F2NO3/c14-13(15)19-12-9(2-1-3-10(12)17)11(18)8-4-6-16-7-5-8/h1-7,13,17H. The quantitative estimate of drug-likeness (QED) is 0.863. The van der Waals surface area contributed by atoms with Crippen molar-refractivity contribution in [3.05, 3.63) is 53.9 Å². The number of rotatable bonds is 4. The molecule has 2 rings (SSSR count). The number of hydrogen-bond donors (Lipinski definition) is 1. The Bertz CT molecular complexity index is 588. The van der Waals surface area contributed by atoms with E-state index in [2.05, 4.69) is 9.72 Å². The Balaban J connectivity index is 2.45. The van der Waals surface area contributed by atoms with E-state index in [-0.39, 0.29) is 11.1 Å². The zero-order valence-corrected chi connectivity index (χ0v) is 9.59. The summed E-state index contributed by atoms with van der Waals surface area (Å²) in [5, 5.41) is 9.51. The fourth-order valence-corrected chi connectivity index (χ4v) is 1.58. The molecule has 0 atom stereocenters. The van der Waals surface area contributed by atoms with Gasteiger partial charge >= 0.3 is 6.61 Å². The lowest BCUT2D eigenvalue weighted by Gasteiger charge is -2.11. The van der Waals surface area contributed by atoms with Gasteiger partial charge in [0.2, 0.25) is 0 Å². The van der Waals surface area contributed by atoms with Crippen molar-refractivity contribution >= 4 is 5.78 Å². The number of aromatic hydroxyl groups is 1. The number of aromatic nitrogens is 1. The first-order chi connectivity index (χ1) is 9.09. The van der Waals surface area contributed by atoms with E-state index in [0.717, 1.165) is 0 Å². The van der Waals surface area contributed by atoms with Gasteiger partial charge in [0.05, 0.1) is 5.56 Å². The van der Waals surface area contributed by atoms with E-state index in [4.69, 9.17) is 0 Å². The van der Waals surface area contributed by atoms with Gasteiger partial charge in [-0.2, -0.15) is 8.78 Å². The van der Waals surface area contributed by atoms with Gasteiger partial charge in [0, 0.05) is 18.0 Å². The number of ether oxygens (including phenoxy) is 1. The van der Waals surface area contributed by atoms with Crippen molar-refractivity contribution in [2.75, 3.05) is 0 Å². The summed E-state index contributed by atoms with van der Waals surface area (Å²) in [7, 11) is 0. The zero-order valence-electron chi connectivity index (χ0n) is 9.59. The lowest BCUT2D eigenvalue weighted by atomic mass is 10.0. The first-order valence-corrected chi connectivity index (χ1v) is 5.31.